The van der Waals surface area contributed by atoms with Crippen LogP contribution in [0.4, 0.5) is 5.13 Å². The minimum absolute atomic E-state index is 0.0449. The zero-order chi connectivity index (χ0) is 20.2. The van der Waals surface area contributed by atoms with Crippen molar-refractivity contribution in [2.75, 3.05) is 31.5 Å². The van der Waals surface area contributed by atoms with E-state index in [4.69, 9.17) is 4.42 Å². The Labute approximate surface area is 174 Å². The number of piperazine rings is 1. The van der Waals surface area contributed by atoms with Crippen LogP contribution in [-0.4, -0.2) is 58.7 Å². The highest BCUT2D eigenvalue weighted by Crippen LogP contribution is 2.19. The molecule has 0 unspecified atom stereocenters. The lowest BCUT2D eigenvalue weighted by Gasteiger charge is -2.34. The molecular formula is C19H18N4O4S2. The molecule has 1 N–H and O–H groups in total. The van der Waals surface area contributed by atoms with Gasteiger partial charge in [-0.3, -0.25) is 19.7 Å². The third-order valence-electron chi connectivity index (χ3n) is 4.50. The van der Waals surface area contributed by atoms with Gasteiger partial charge in [-0.2, -0.15) is 0 Å². The number of furan rings is 1. The van der Waals surface area contributed by atoms with E-state index in [9.17, 15) is 14.4 Å². The van der Waals surface area contributed by atoms with Gasteiger partial charge >= 0.3 is 0 Å². The highest BCUT2D eigenvalue weighted by atomic mass is 32.1. The Bertz CT molecular complexity index is 990. The maximum Gasteiger partial charge on any atom is 0.289 e. The molecule has 0 atom stereocenters. The fraction of sp³-hybridized carbons (Fsp3) is 0.263. The molecule has 0 spiro atoms. The summed E-state index contributed by atoms with van der Waals surface area (Å²) in [6.45, 7) is 1.86. The Morgan fingerprint density at radius 2 is 1.86 bits per heavy atom. The second-order valence-electron chi connectivity index (χ2n) is 6.40. The second kappa shape index (κ2) is 8.58. The first-order valence-electron chi connectivity index (χ1n) is 9.00. The summed E-state index contributed by atoms with van der Waals surface area (Å²) in [5, 5.41) is 6.83. The number of rotatable bonds is 5. The number of thiophene rings is 1. The molecule has 4 heterocycles. The van der Waals surface area contributed by atoms with Crippen molar-refractivity contribution < 1.29 is 18.8 Å². The van der Waals surface area contributed by atoms with E-state index < -0.39 is 0 Å². The standard InChI is InChI=1S/C19H18N4O4S2/c24-16(22-5-7-23(8-6-22)18(26)14-3-1-9-27-14)11-13-12-29-19(20-13)21-17(25)15-4-2-10-28-15/h1-4,9-10,12H,5-8,11H2,(H,20,21,25). The van der Waals surface area contributed by atoms with Gasteiger partial charge in [-0.05, 0) is 23.6 Å². The van der Waals surface area contributed by atoms with Crippen LogP contribution in [0.2, 0.25) is 0 Å². The van der Waals surface area contributed by atoms with E-state index >= 15 is 0 Å². The van der Waals surface area contributed by atoms with Crippen LogP contribution in [0.15, 0.2) is 45.7 Å². The van der Waals surface area contributed by atoms with Gasteiger partial charge in [0.2, 0.25) is 5.91 Å². The van der Waals surface area contributed by atoms with Crippen LogP contribution in [0.1, 0.15) is 25.9 Å². The summed E-state index contributed by atoms with van der Waals surface area (Å²) in [5.41, 5.74) is 0.621. The monoisotopic (exact) mass is 430 g/mol. The minimum atomic E-state index is -0.204. The Morgan fingerprint density at radius 1 is 1.07 bits per heavy atom. The van der Waals surface area contributed by atoms with E-state index in [-0.39, 0.29) is 24.1 Å². The third-order valence-corrected chi connectivity index (χ3v) is 6.18. The largest absolute Gasteiger partial charge is 0.459 e. The number of aromatic nitrogens is 1. The predicted octanol–water partition coefficient (Wildman–Crippen LogP) is 2.58. The van der Waals surface area contributed by atoms with Gasteiger partial charge in [0.25, 0.3) is 11.8 Å². The lowest BCUT2D eigenvalue weighted by Crippen LogP contribution is -2.50. The van der Waals surface area contributed by atoms with Gasteiger partial charge < -0.3 is 14.2 Å². The van der Waals surface area contributed by atoms with E-state index in [1.165, 1.54) is 28.9 Å². The van der Waals surface area contributed by atoms with Crippen molar-refractivity contribution in [3.05, 3.63) is 57.6 Å². The first-order chi connectivity index (χ1) is 14.1. The van der Waals surface area contributed by atoms with E-state index in [1.807, 2.05) is 11.4 Å². The highest BCUT2D eigenvalue weighted by molar-refractivity contribution is 7.14. The molecule has 8 nitrogen and oxygen atoms in total. The fourth-order valence-electron chi connectivity index (χ4n) is 2.99. The lowest BCUT2D eigenvalue weighted by molar-refractivity contribution is -0.132. The molecule has 4 rings (SSSR count). The summed E-state index contributed by atoms with van der Waals surface area (Å²) in [6, 6.07) is 6.87. The number of hydrogen-bond donors (Lipinski definition) is 1. The van der Waals surface area contributed by atoms with Crippen LogP contribution >= 0.6 is 22.7 Å². The summed E-state index contributed by atoms with van der Waals surface area (Å²) in [6.07, 6.45) is 1.63. The Balaban J connectivity index is 1.27. The molecule has 10 heteroatoms. The maximum atomic E-state index is 12.6. The summed E-state index contributed by atoms with van der Waals surface area (Å²) in [7, 11) is 0. The third kappa shape index (κ3) is 4.54. The van der Waals surface area contributed by atoms with Gasteiger partial charge in [-0.25, -0.2) is 4.98 Å². The van der Waals surface area contributed by atoms with Crippen LogP contribution in [0, 0.1) is 0 Å². The topological polar surface area (TPSA) is 95.8 Å². The molecule has 1 aliphatic heterocycles. The van der Waals surface area contributed by atoms with Crippen molar-refractivity contribution in [1.29, 1.82) is 0 Å². The Hall–Kier alpha value is -2.98. The van der Waals surface area contributed by atoms with E-state index in [2.05, 4.69) is 10.3 Å². The molecule has 29 heavy (non-hydrogen) atoms. The van der Waals surface area contributed by atoms with Crippen LogP contribution in [0.3, 0.4) is 0 Å². The van der Waals surface area contributed by atoms with Crippen molar-refractivity contribution in [2.45, 2.75) is 6.42 Å². The fourth-order valence-corrected chi connectivity index (χ4v) is 4.32. The molecule has 1 fully saturated rings. The van der Waals surface area contributed by atoms with Crippen molar-refractivity contribution >= 4 is 45.5 Å². The average Bonchev–Trinajstić information content (AvgIpc) is 3.50. The molecule has 0 bridgehead atoms. The van der Waals surface area contributed by atoms with Gasteiger partial charge in [-0.15, -0.1) is 22.7 Å². The van der Waals surface area contributed by atoms with Gasteiger partial charge in [-0.1, -0.05) is 6.07 Å². The molecule has 0 saturated carbocycles. The SMILES string of the molecule is O=C(Nc1nc(CC(=O)N2CCN(C(=O)c3ccco3)CC2)cs1)c1cccs1. The molecule has 0 aromatic carbocycles. The van der Waals surface area contributed by atoms with E-state index in [0.717, 1.165) is 0 Å². The van der Waals surface area contributed by atoms with E-state index in [1.54, 1.807) is 33.4 Å². The molecule has 0 radical (unpaired) electrons. The first-order valence-corrected chi connectivity index (χ1v) is 10.8. The van der Waals surface area contributed by atoms with Gasteiger partial charge in [0, 0.05) is 31.6 Å². The zero-order valence-electron chi connectivity index (χ0n) is 15.4. The molecular weight excluding hydrogens is 412 g/mol. The van der Waals surface area contributed by atoms with Crippen molar-refractivity contribution in [2.24, 2.45) is 0 Å². The smallest absolute Gasteiger partial charge is 0.289 e. The zero-order valence-corrected chi connectivity index (χ0v) is 17.0. The van der Waals surface area contributed by atoms with E-state index in [0.29, 0.717) is 47.6 Å². The van der Waals surface area contributed by atoms with Crippen molar-refractivity contribution in [3.8, 4) is 0 Å². The number of hydrogen-bond acceptors (Lipinski definition) is 7. The predicted molar refractivity (Wildman–Crippen MR) is 109 cm³/mol. The summed E-state index contributed by atoms with van der Waals surface area (Å²) in [4.78, 5) is 45.3. The number of carbonyl (C=O) groups is 3. The molecule has 3 aromatic heterocycles. The van der Waals surface area contributed by atoms with Crippen LogP contribution in [0.25, 0.3) is 0 Å². The van der Waals surface area contributed by atoms with Crippen LogP contribution < -0.4 is 5.32 Å². The number of nitrogens with one attached hydrogen (secondary N) is 1. The molecule has 3 aromatic rings. The first kappa shape index (κ1) is 19.3. The number of carbonyl (C=O) groups excluding carboxylic acids is 3. The van der Waals surface area contributed by atoms with Crippen molar-refractivity contribution in [3.63, 3.8) is 0 Å². The molecule has 1 saturated heterocycles. The van der Waals surface area contributed by atoms with Crippen LogP contribution in [-0.2, 0) is 11.2 Å². The summed E-state index contributed by atoms with van der Waals surface area (Å²) >= 11 is 2.65. The lowest BCUT2D eigenvalue weighted by atomic mass is 10.2. The summed E-state index contributed by atoms with van der Waals surface area (Å²) < 4.78 is 5.15. The number of anilines is 1. The Morgan fingerprint density at radius 3 is 2.55 bits per heavy atom. The molecule has 1 aliphatic rings. The minimum Gasteiger partial charge on any atom is -0.459 e. The number of nitrogens with zero attached hydrogens (tertiary/aromatic N) is 3. The quantitative estimate of drug-likeness (QED) is 0.671. The Kier molecular flexibility index (Phi) is 5.72. The highest BCUT2D eigenvalue weighted by Gasteiger charge is 2.26. The van der Waals surface area contributed by atoms with Crippen LogP contribution in [0.5, 0.6) is 0 Å². The normalized spacial score (nSPS) is 14.1. The van der Waals surface area contributed by atoms with Gasteiger partial charge in [0.15, 0.2) is 10.9 Å². The molecule has 0 aliphatic carbocycles. The second-order valence-corrected chi connectivity index (χ2v) is 8.21. The average molecular weight is 431 g/mol. The summed E-state index contributed by atoms with van der Waals surface area (Å²) in [5.74, 6) is -0.0989. The molecule has 150 valence electrons. The maximum absolute atomic E-state index is 12.6. The van der Waals surface area contributed by atoms with Gasteiger partial charge in [0.1, 0.15) is 0 Å². The van der Waals surface area contributed by atoms with Crippen molar-refractivity contribution in [1.82, 2.24) is 14.8 Å². The molecule has 3 amide bonds. The van der Waals surface area contributed by atoms with Gasteiger partial charge in [0.05, 0.1) is 23.3 Å². The number of amides is 3. The number of thiazole rings is 1.